The second-order valence-corrected chi connectivity index (χ2v) is 5.27. The van der Waals surface area contributed by atoms with Crippen molar-refractivity contribution >= 4 is 6.08 Å². The van der Waals surface area contributed by atoms with Crippen LogP contribution in [0.3, 0.4) is 0 Å². The predicted molar refractivity (Wildman–Crippen MR) is 80.7 cm³/mol. The molecule has 0 amide bonds. The summed E-state index contributed by atoms with van der Waals surface area (Å²) in [5.74, 6) is -0.137. The van der Waals surface area contributed by atoms with Gasteiger partial charge in [-0.25, -0.2) is 4.39 Å². The molecule has 0 aromatic heterocycles. The average Bonchev–Trinajstić information content (AvgIpc) is 2.90. The molecule has 102 valence electrons. The van der Waals surface area contributed by atoms with E-state index < -0.39 is 0 Å². The minimum Gasteiger partial charge on any atom is -0.295 e. The third-order valence-corrected chi connectivity index (χ3v) is 3.69. The van der Waals surface area contributed by atoms with Gasteiger partial charge in [0.05, 0.1) is 0 Å². The topological polar surface area (TPSA) is 3.24 Å². The maximum absolute atomic E-state index is 13.6. The van der Waals surface area contributed by atoms with Gasteiger partial charge in [-0.05, 0) is 18.1 Å². The second kappa shape index (κ2) is 6.02. The zero-order valence-corrected chi connectivity index (χ0v) is 11.4. The molecule has 3 rings (SSSR count). The standard InChI is InChI=1S/C18H18FN/c19-18-9-5-4-8-17(18)12-16-10-11-20(14-16)13-15-6-2-1-3-7-15/h1-9,12H,10-11,13-14H2. The van der Waals surface area contributed by atoms with Gasteiger partial charge in [0.2, 0.25) is 0 Å². The van der Waals surface area contributed by atoms with Crippen molar-refractivity contribution in [3.63, 3.8) is 0 Å². The molecular formula is C18H18FN. The Bertz CT molecular complexity index is 604. The molecule has 2 aromatic carbocycles. The van der Waals surface area contributed by atoms with Gasteiger partial charge in [-0.3, -0.25) is 4.90 Å². The Morgan fingerprint density at radius 2 is 1.75 bits per heavy atom. The van der Waals surface area contributed by atoms with Crippen LogP contribution < -0.4 is 0 Å². The summed E-state index contributed by atoms with van der Waals surface area (Å²) in [5.41, 5.74) is 3.34. The van der Waals surface area contributed by atoms with Crippen LogP contribution in [0.15, 0.2) is 60.2 Å². The van der Waals surface area contributed by atoms with Crippen molar-refractivity contribution in [3.05, 3.63) is 77.1 Å². The number of halogens is 1. The van der Waals surface area contributed by atoms with Crippen molar-refractivity contribution < 1.29 is 4.39 Å². The van der Waals surface area contributed by atoms with Gasteiger partial charge < -0.3 is 0 Å². The minimum atomic E-state index is -0.137. The van der Waals surface area contributed by atoms with Crippen LogP contribution in [0.4, 0.5) is 4.39 Å². The summed E-state index contributed by atoms with van der Waals surface area (Å²) in [6, 6.07) is 17.4. The first-order chi connectivity index (χ1) is 9.81. The summed E-state index contributed by atoms with van der Waals surface area (Å²) < 4.78 is 13.6. The molecular weight excluding hydrogens is 249 g/mol. The molecule has 0 saturated carbocycles. The molecule has 1 saturated heterocycles. The maximum Gasteiger partial charge on any atom is 0.130 e. The molecule has 1 aliphatic rings. The van der Waals surface area contributed by atoms with E-state index in [2.05, 4.69) is 29.2 Å². The second-order valence-electron chi connectivity index (χ2n) is 5.27. The van der Waals surface area contributed by atoms with E-state index in [0.717, 1.165) is 26.1 Å². The Kier molecular flexibility index (Phi) is 3.93. The zero-order valence-electron chi connectivity index (χ0n) is 11.4. The van der Waals surface area contributed by atoms with Crippen molar-refractivity contribution in [2.75, 3.05) is 13.1 Å². The number of rotatable bonds is 3. The van der Waals surface area contributed by atoms with Crippen molar-refractivity contribution in [2.45, 2.75) is 13.0 Å². The Balaban J connectivity index is 1.66. The molecule has 0 atom stereocenters. The first kappa shape index (κ1) is 13.1. The summed E-state index contributed by atoms with van der Waals surface area (Å²) >= 11 is 0. The molecule has 1 fully saturated rings. The van der Waals surface area contributed by atoms with Crippen LogP contribution >= 0.6 is 0 Å². The Hall–Kier alpha value is -1.93. The lowest BCUT2D eigenvalue weighted by atomic mass is 10.1. The van der Waals surface area contributed by atoms with Gasteiger partial charge in [-0.2, -0.15) is 0 Å². The molecule has 0 N–H and O–H groups in total. The van der Waals surface area contributed by atoms with Gasteiger partial charge in [-0.1, -0.05) is 60.2 Å². The lowest BCUT2D eigenvalue weighted by Crippen LogP contribution is -2.18. The van der Waals surface area contributed by atoms with Gasteiger partial charge in [0, 0.05) is 25.2 Å². The highest BCUT2D eigenvalue weighted by Crippen LogP contribution is 2.21. The molecule has 1 nitrogen and oxygen atoms in total. The van der Waals surface area contributed by atoms with Crippen LogP contribution in [0.5, 0.6) is 0 Å². The van der Waals surface area contributed by atoms with Gasteiger partial charge >= 0.3 is 0 Å². The first-order valence-corrected chi connectivity index (χ1v) is 7.01. The normalized spacial score (nSPS) is 17.8. The van der Waals surface area contributed by atoms with E-state index in [-0.39, 0.29) is 5.82 Å². The summed E-state index contributed by atoms with van der Waals surface area (Å²) in [4.78, 5) is 2.40. The van der Waals surface area contributed by atoms with E-state index in [4.69, 9.17) is 0 Å². The Morgan fingerprint density at radius 1 is 1.00 bits per heavy atom. The molecule has 0 aliphatic carbocycles. The van der Waals surface area contributed by atoms with Crippen LogP contribution in [0, 0.1) is 5.82 Å². The van der Waals surface area contributed by atoms with Crippen LogP contribution in [0.25, 0.3) is 6.08 Å². The lowest BCUT2D eigenvalue weighted by Gasteiger charge is -2.14. The highest BCUT2D eigenvalue weighted by Gasteiger charge is 2.16. The Labute approximate surface area is 119 Å². The summed E-state index contributed by atoms with van der Waals surface area (Å²) in [5, 5.41) is 0. The predicted octanol–water partition coefficient (Wildman–Crippen LogP) is 4.12. The SMILES string of the molecule is Fc1ccccc1C=C1CCN(Cc2ccccc2)C1. The van der Waals surface area contributed by atoms with Gasteiger partial charge in [-0.15, -0.1) is 0 Å². The number of benzene rings is 2. The highest BCUT2D eigenvalue weighted by molar-refractivity contribution is 5.54. The average molecular weight is 267 g/mol. The molecule has 1 aliphatic heterocycles. The van der Waals surface area contributed by atoms with E-state index >= 15 is 0 Å². The number of hydrogen-bond donors (Lipinski definition) is 0. The van der Waals surface area contributed by atoms with Crippen molar-refractivity contribution in [1.29, 1.82) is 0 Å². The molecule has 20 heavy (non-hydrogen) atoms. The van der Waals surface area contributed by atoms with Crippen molar-refractivity contribution in [2.24, 2.45) is 0 Å². The molecule has 0 bridgehead atoms. The van der Waals surface area contributed by atoms with Crippen LogP contribution in [-0.2, 0) is 6.54 Å². The molecule has 2 aromatic rings. The van der Waals surface area contributed by atoms with E-state index in [1.165, 1.54) is 17.2 Å². The fraction of sp³-hybridized carbons (Fsp3) is 0.222. The van der Waals surface area contributed by atoms with E-state index in [1.807, 2.05) is 24.3 Å². The highest BCUT2D eigenvalue weighted by atomic mass is 19.1. The number of likely N-dealkylation sites (tertiary alicyclic amines) is 1. The Morgan fingerprint density at radius 3 is 2.55 bits per heavy atom. The maximum atomic E-state index is 13.6. The largest absolute Gasteiger partial charge is 0.295 e. The van der Waals surface area contributed by atoms with Crippen LogP contribution in [0.1, 0.15) is 17.5 Å². The summed E-state index contributed by atoms with van der Waals surface area (Å²) in [6.07, 6.45) is 3.03. The fourth-order valence-corrected chi connectivity index (χ4v) is 2.65. The minimum absolute atomic E-state index is 0.137. The van der Waals surface area contributed by atoms with Crippen molar-refractivity contribution in [3.8, 4) is 0 Å². The zero-order chi connectivity index (χ0) is 13.8. The summed E-state index contributed by atoms with van der Waals surface area (Å²) in [6.45, 7) is 2.95. The lowest BCUT2D eigenvalue weighted by molar-refractivity contribution is 0.337. The van der Waals surface area contributed by atoms with Crippen LogP contribution in [-0.4, -0.2) is 18.0 Å². The summed E-state index contributed by atoms with van der Waals surface area (Å²) in [7, 11) is 0. The van der Waals surface area contributed by atoms with Gasteiger partial charge in [0.1, 0.15) is 5.82 Å². The van der Waals surface area contributed by atoms with Gasteiger partial charge in [0.25, 0.3) is 0 Å². The molecule has 0 radical (unpaired) electrons. The van der Waals surface area contributed by atoms with E-state index in [9.17, 15) is 4.39 Å². The van der Waals surface area contributed by atoms with Crippen LogP contribution in [0.2, 0.25) is 0 Å². The molecule has 0 spiro atoms. The van der Waals surface area contributed by atoms with Crippen molar-refractivity contribution in [1.82, 2.24) is 4.90 Å². The number of nitrogens with zero attached hydrogens (tertiary/aromatic N) is 1. The fourth-order valence-electron chi connectivity index (χ4n) is 2.65. The molecule has 1 heterocycles. The molecule has 2 heteroatoms. The smallest absolute Gasteiger partial charge is 0.130 e. The van der Waals surface area contributed by atoms with E-state index in [1.54, 1.807) is 6.07 Å². The van der Waals surface area contributed by atoms with Gasteiger partial charge in [0.15, 0.2) is 0 Å². The third-order valence-electron chi connectivity index (χ3n) is 3.69. The quantitative estimate of drug-likeness (QED) is 0.808. The third kappa shape index (κ3) is 3.14. The molecule has 0 unspecified atom stereocenters. The first-order valence-electron chi connectivity index (χ1n) is 7.01. The van der Waals surface area contributed by atoms with E-state index in [0.29, 0.717) is 5.56 Å². The monoisotopic (exact) mass is 267 g/mol. The number of hydrogen-bond acceptors (Lipinski definition) is 1.